The van der Waals surface area contributed by atoms with E-state index in [1.54, 1.807) is 17.5 Å². The van der Waals surface area contributed by atoms with Gasteiger partial charge in [0.15, 0.2) is 9.84 Å². The third kappa shape index (κ3) is 4.61. The molecule has 3 heterocycles. The van der Waals surface area contributed by atoms with Crippen molar-refractivity contribution in [3.05, 3.63) is 77.7 Å². The number of hydrogen-bond donors (Lipinski definition) is 3. The van der Waals surface area contributed by atoms with Crippen LogP contribution in [0.1, 0.15) is 16.6 Å². The van der Waals surface area contributed by atoms with Crippen LogP contribution in [0.5, 0.6) is 0 Å². The Morgan fingerprint density at radius 2 is 1.84 bits per heavy atom. The standard InChI is InChI=1S/C22H21N3O5S2/c26-21(23-10-9-15-13-24-17-6-2-1-5-16(15)17)22(27)25-14-19(18-7-3-11-30-18)32(28,29)20-8-4-12-31-20/h1-8,11-13,19,24H,9-10,14H2,(H,23,26)(H,25,27)/t19-/m0/s1. The molecule has 2 amide bonds. The minimum atomic E-state index is -3.79. The number of nitrogens with one attached hydrogen (secondary N) is 3. The summed E-state index contributed by atoms with van der Waals surface area (Å²) >= 11 is 1.08. The molecule has 4 rings (SSSR count). The van der Waals surface area contributed by atoms with Crippen molar-refractivity contribution >= 4 is 43.9 Å². The van der Waals surface area contributed by atoms with Gasteiger partial charge in [-0.3, -0.25) is 9.59 Å². The second-order valence-electron chi connectivity index (χ2n) is 7.06. The molecule has 8 nitrogen and oxygen atoms in total. The maximum absolute atomic E-state index is 13.0. The lowest BCUT2D eigenvalue weighted by Gasteiger charge is -2.15. The van der Waals surface area contributed by atoms with Crippen LogP contribution in [-0.4, -0.2) is 38.3 Å². The third-order valence-corrected chi connectivity index (χ3v) is 8.51. The first-order valence-corrected chi connectivity index (χ1v) is 12.3. The fraction of sp³-hybridized carbons (Fsp3) is 0.182. The highest BCUT2D eigenvalue weighted by Crippen LogP contribution is 2.31. The zero-order chi connectivity index (χ0) is 22.6. The summed E-state index contributed by atoms with van der Waals surface area (Å²) in [4.78, 5) is 27.7. The number of amides is 2. The number of aromatic nitrogens is 1. The van der Waals surface area contributed by atoms with E-state index in [9.17, 15) is 18.0 Å². The summed E-state index contributed by atoms with van der Waals surface area (Å²) in [5, 5.41) is 6.58. The average Bonchev–Trinajstić information content (AvgIpc) is 3.55. The van der Waals surface area contributed by atoms with Gasteiger partial charge in [-0.15, -0.1) is 11.3 Å². The molecule has 0 unspecified atom stereocenters. The molecule has 0 radical (unpaired) electrons. The minimum Gasteiger partial charge on any atom is -0.468 e. The Morgan fingerprint density at radius 1 is 1.03 bits per heavy atom. The van der Waals surface area contributed by atoms with Crippen molar-refractivity contribution in [3.8, 4) is 0 Å². The number of fused-ring (bicyclic) bond motifs is 1. The zero-order valence-electron chi connectivity index (χ0n) is 16.9. The van der Waals surface area contributed by atoms with E-state index in [1.807, 2.05) is 30.5 Å². The topological polar surface area (TPSA) is 121 Å². The van der Waals surface area contributed by atoms with Gasteiger partial charge in [-0.1, -0.05) is 24.3 Å². The van der Waals surface area contributed by atoms with Crippen LogP contribution in [0.25, 0.3) is 10.9 Å². The van der Waals surface area contributed by atoms with Crippen molar-refractivity contribution in [2.45, 2.75) is 15.9 Å². The average molecular weight is 472 g/mol. The first-order valence-electron chi connectivity index (χ1n) is 9.88. The van der Waals surface area contributed by atoms with Crippen LogP contribution >= 0.6 is 11.3 Å². The molecule has 3 N–H and O–H groups in total. The molecule has 32 heavy (non-hydrogen) atoms. The molecule has 0 spiro atoms. The van der Waals surface area contributed by atoms with Gasteiger partial charge in [0, 0.05) is 30.2 Å². The van der Waals surface area contributed by atoms with Crippen LogP contribution in [0.3, 0.4) is 0 Å². The Bertz CT molecular complexity index is 1310. The van der Waals surface area contributed by atoms with Gasteiger partial charge in [0.2, 0.25) is 0 Å². The van der Waals surface area contributed by atoms with E-state index < -0.39 is 26.9 Å². The highest BCUT2D eigenvalue weighted by atomic mass is 32.2. The fourth-order valence-electron chi connectivity index (χ4n) is 3.40. The maximum atomic E-state index is 13.0. The van der Waals surface area contributed by atoms with Crippen molar-refractivity contribution in [3.63, 3.8) is 0 Å². The molecular weight excluding hydrogens is 450 g/mol. The Hall–Kier alpha value is -3.37. The highest BCUT2D eigenvalue weighted by molar-refractivity contribution is 7.93. The molecule has 0 saturated carbocycles. The quantitative estimate of drug-likeness (QED) is 0.341. The number of rotatable bonds is 8. The van der Waals surface area contributed by atoms with Crippen LogP contribution in [0, 0.1) is 0 Å². The predicted molar refractivity (Wildman–Crippen MR) is 121 cm³/mol. The Kier molecular flexibility index (Phi) is 6.42. The number of furan rings is 1. The summed E-state index contributed by atoms with van der Waals surface area (Å²) in [6.45, 7) is -0.0222. The van der Waals surface area contributed by atoms with Crippen LogP contribution in [0.2, 0.25) is 0 Å². The number of carbonyl (C=O) groups excluding carboxylic acids is 2. The van der Waals surface area contributed by atoms with Crippen molar-refractivity contribution < 1.29 is 22.4 Å². The summed E-state index contributed by atoms with van der Waals surface area (Å²) in [6.07, 6.45) is 3.79. The van der Waals surface area contributed by atoms with E-state index in [1.165, 1.54) is 18.4 Å². The van der Waals surface area contributed by atoms with Crippen molar-refractivity contribution in [1.29, 1.82) is 0 Å². The van der Waals surface area contributed by atoms with Gasteiger partial charge in [0.25, 0.3) is 0 Å². The second kappa shape index (κ2) is 9.41. The van der Waals surface area contributed by atoms with Crippen LogP contribution in [0.15, 0.2) is 75.0 Å². The molecule has 1 aromatic carbocycles. The normalized spacial score (nSPS) is 12.5. The van der Waals surface area contributed by atoms with Gasteiger partial charge in [-0.05, 0) is 41.6 Å². The molecule has 166 valence electrons. The molecule has 0 fully saturated rings. The van der Waals surface area contributed by atoms with Gasteiger partial charge in [-0.2, -0.15) is 0 Å². The van der Waals surface area contributed by atoms with E-state index in [0.29, 0.717) is 6.42 Å². The van der Waals surface area contributed by atoms with Crippen molar-refractivity contribution in [1.82, 2.24) is 15.6 Å². The molecule has 0 bridgehead atoms. The third-order valence-electron chi connectivity index (χ3n) is 5.02. The molecule has 10 heteroatoms. The first-order chi connectivity index (χ1) is 15.5. The van der Waals surface area contributed by atoms with Crippen molar-refractivity contribution in [2.24, 2.45) is 0 Å². The largest absolute Gasteiger partial charge is 0.468 e. The smallest absolute Gasteiger partial charge is 0.309 e. The number of thiophene rings is 1. The molecule has 0 aliphatic carbocycles. The molecular formula is C22H21N3O5S2. The molecule has 1 atom stereocenters. The minimum absolute atomic E-state index is 0.163. The number of sulfone groups is 1. The van der Waals surface area contributed by atoms with E-state index in [2.05, 4.69) is 15.6 Å². The first kappa shape index (κ1) is 21.8. The SMILES string of the molecule is O=C(NCCc1c[nH]c2ccccc12)C(=O)NC[C@@H](c1ccco1)S(=O)(=O)c1cccs1. The number of benzene rings is 1. The van der Waals surface area contributed by atoms with E-state index in [-0.39, 0.29) is 23.1 Å². The van der Waals surface area contributed by atoms with E-state index in [0.717, 1.165) is 27.8 Å². The Labute approximate surface area is 188 Å². The molecule has 0 saturated heterocycles. The number of H-pyrrole nitrogens is 1. The Balaban J connectivity index is 1.35. The number of hydrogen-bond acceptors (Lipinski definition) is 6. The predicted octanol–water partition coefficient (Wildman–Crippen LogP) is 2.81. The summed E-state index contributed by atoms with van der Waals surface area (Å²) in [6, 6.07) is 14.1. The van der Waals surface area contributed by atoms with Crippen LogP contribution < -0.4 is 10.6 Å². The lowest BCUT2D eigenvalue weighted by atomic mass is 10.1. The van der Waals surface area contributed by atoms with E-state index in [4.69, 9.17) is 4.42 Å². The second-order valence-corrected chi connectivity index (χ2v) is 10.4. The van der Waals surface area contributed by atoms with Crippen LogP contribution in [-0.2, 0) is 25.8 Å². The number of para-hydroxylation sites is 1. The summed E-state index contributed by atoms with van der Waals surface area (Å²) in [5.74, 6) is -1.53. The van der Waals surface area contributed by atoms with Gasteiger partial charge in [0.05, 0.1) is 6.26 Å². The molecule has 0 aliphatic heterocycles. The Morgan fingerprint density at radius 3 is 2.59 bits per heavy atom. The van der Waals surface area contributed by atoms with E-state index >= 15 is 0 Å². The van der Waals surface area contributed by atoms with Crippen molar-refractivity contribution in [2.75, 3.05) is 13.1 Å². The van der Waals surface area contributed by atoms with Gasteiger partial charge < -0.3 is 20.0 Å². The lowest BCUT2D eigenvalue weighted by Crippen LogP contribution is -2.42. The zero-order valence-corrected chi connectivity index (χ0v) is 18.5. The fourth-order valence-corrected chi connectivity index (χ4v) is 6.19. The summed E-state index contributed by atoms with van der Waals surface area (Å²) < 4.78 is 31.4. The van der Waals surface area contributed by atoms with Crippen LogP contribution in [0.4, 0.5) is 0 Å². The van der Waals surface area contributed by atoms with Gasteiger partial charge in [-0.25, -0.2) is 8.42 Å². The van der Waals surface area contributed by atoms with Gasteiger partial charge in [0.1, 0.15) is 15.2 Å². The highest BCUT2D eigenvalue weighted by Gasteiger charge is 2.33. The molecule has 4 aromatic rings. The number of carbonyl (C=O) groups is 2. The maximum Gasteiger partial charge on any atom is 0.309 e. The number of aromatic amines is 1. The monoisotopic (exact) mass is 471 g/mol. The summed E-state index contributed by atoms with van der Waals surface area (Å²) in [7, 11) is -3.79. The summed E-state index contributed by atoms with van der Waals surface area (Å²) in [5.41, 5.74) is 2.03. The molecule has 0 aliphatic rings. The lowest BCUT2D eigenvalue weighted by molar-refractivity contribution is -0.139. The van der Waals surface area contributed by atoms with Gasteiger partial charge >= 0.3 is 11.8 Å². The molecule has 3 aromatic heterocycles.